The Hall–Kier alpha value is -1.89. The molecule has 0 bridgehead atoms. The van der Waals surface area contributed by atoms with E-state index in [4.69, 9.17) is 0 Å². The molecule has 1 aromatic rings. The molecule has 0 spiro atoms. The number of piperazine rings is 1. The van der Waals surface area contributed by atoms with E-state index in [1.165, 1.54) is 18.3 Å². The number of nitrogens with one attached hydrogen (secondary N) is 1. The Morgan fingerprint density at radius 1 is 1.19 bits per heavy atom. The average molecular weight is 309 g/mol. The molecule has 0 radical (unpaired) electrons. The van der Waals surface area contributed by atoms with Gasteiger partial charge in [0.25, 0.3) is 5.91 Å². The number of carbonyl (C=O) groups is 3. The van der Waals surface area contributed by atoms with E-state index in [2.05, 4.69) is 5.32 Å². The molecule has 0 unspecified atom stereocenters. The van der Waals surface area contributed by atoms with E-state index < -0.39 is 0 Å². The minimum absolute atomic E-state index is 0.0174. The van der Waals surface area contributed by atoms with Crippen LogP contribution in [-0.4, -0.2) is 60.2 Å². The summed E-state index contributed by atoms with van der Waals surface area (Å²) >= 11 is 1.46. The molecule has 0 saturated carbocycles. The van der Waals surface area contributed by atoms with Crippen molar-refractivity contribution in [1.29, 1.82) is 0 Å². The maximum absolute atomic E-state index is 12.0. The van der Waals surface area contributed by atoms with Crippen molar-refractivity contribution in [2.45, 2.75) is 13.3 Å². The van der Waals surface area contributed by atoms with Crippen molar-refractivity contribution in [3.05, 3.63) is 22.4 Å². The average Bonchev–Trinajstić information content (AvgIpc) is 3.01. The smallest absolute Gasteiger partial charge is 0.252 e. The molecular weight excluding hydrogens is 290 g/mol. The summed E-state index contributed by atoms with van der Waals surface area (Å²) in [6, 6.07) is 1.75. The van der Waals surface area contributed by atoms with Crippen LogP contribution in [0.1, 0.15) is 23.7 Å². The molecule has 6 nitrogen and oxygen atoms in total. The molecule has 1 aliphatic rings. The predicted octanol–water partition coefficient (Wildman–Crippen LogP) is 0.559. The lowest BCUT2D eigenvalue weighted by Gasteiger charge is -2.34. The Labute approximate surface area is 127 Å². The van der Waals surface area contributed by atoms with Crippen LogP contribution in [0.3, 0.4) is 0 Å². The van der Waals surface area contributed by atoms with Crippen LogP contribution in [0.2, 0.25) is 0 Å². The highest BCUT2D eigenvalue weighted by Gasteiger charge is 2.21. The number of hydrogen-bond acceptors (Lipinski definition) is 4. The van der Waals surface area contributed by atoms with Gasteiger partial charge in [0, 0.05) is 57.0 Å². The largest absolute Gasteiger partial charge is 0.351 e. The first-order valence-corrected chi connectivity index (χ1v) is 7.86. The van der Waals surface area contributed by atoms with Crippen molar-refractivity contribution in [1.82, 2.24) is 15.1 Å². The highest BCUT2D eigenvalue weighted by atomic mass is 32.1. The zero-order chi connectivity index (χ0) is 15.2. The molecule has 114 valence electrons. The van der Waals surface area contributed by atoms with Gasteiger partial charge in [-0.15, -0.1) is 0 Å². The standard InChI is InChI=1S/C14H19N3O3S/c1-11(18)16-5-7-17(8-6-16)13(19)2-4-15-14(20)12-3-9-21-10-12/h3,9-10H,2,4-8H2,1H3,(H,15,20). The normalized spacial score (nSPS) is 14.9. The summed E-state index contributed by atoms with van der Waals surface area (Å²) in [7, 11) is 0. The van der Waals surface area contributed by atoms with Gasteiger partial charge in [-0.05, 0) is 11.4 Å². The van der Waals surface area contributed by atoms with Gasteiger partial charge in [-0.2, -0.15) is 11.3 Å². The Balaban J connectivity index is 1.68. The van der Waals surface area contributed by atoms with Crippen LogP contribution in [0, 0.1) is 0 Å². The lowest BCUT2D eigenvalue weighted by atomic mass is 10.2. The van der Waals surface area contributed by atoms with Crippen LogP contribution in [0.15, 0.2) is 16.8 Å². The Morgan fingerprint density at radius 3 is 2.43 bits per heavy atom. The van der Waals surface area contributed by atoms with Crippen LogP contribution < -0.4 is 5.32 Å². The molecule has 1 aromatic heterocycles. The van der Waals surface area contributed by atoms with Gasteiger partial charge in [0.05, 0.1) is 0 Å². The predicted molar refractivity (Wildman–Crippen MR) is 80.1 cm³/mol. The fourth-order valence-electron chi connectivity index (χ4n) is 2.21. The van der Waals surface area contributed by atoms with Crippen molar-refractivity contribution in [2.75, 3.05) is 32.7 Å². The first-order valence-electron chi connectivity index (χ1n) is 6.91. The van der Waals surface area contributed by atoms with Gasteiger partial charge >= 0.3 is 0 Å². The lowest BCUT2D eigenvalue weighted by Crippen LogP contribution is -2.50. The lowest BCUT2D eigenvalue weighted by molar-refractivity contribution is -0.138. The molecule has 1 fully saturated rings. The topological polar surface area (TPSA) is 69.7 Å². The summed E-state index contributed by atoms with van der Waals surface area (Å²) in [6.07, 6.45) is 0.288. The van der Waals surface area contributed by atoms with Gasteiger partial charge in [0.1, 0.15) is 0 Å². The molecular formula is C14H19N3O3S. The number of rotatable bonds is 4. The van der Waals surface area contributed by atoms with E-state index >= 15 is 0 Å². The highest BCUT2D eigenvalue weighted by Crippen LogP contribution is 2.06. The van der Waals surface area contributed by atoms with Crippen LogP contribution in [-0.2, 0) is 9.59 Å². The Kier molecular flexibility index (Phi) is 5.32. The van der Waals surface area contributed by atoms with Gasteiger partial charge in [0.15, 0.2) is 0 Å². The van der Waals surface area contributed by atoms with Crippen LogP contribution in [0.4, 0.5) is 0 Å². The quantitative estimate of drug-likeness (QED) is 0.883. The van der Waals surface area contributed by atoms with Gasteiger partial charge in [0.2, 0.25) is 11.8 Å². The minimum Gasteiger partial charge on any atom is -0.351 e. The van der Waals surface area contributed by atoms with E-state index in [1.54, 1.807) is 21.2 Å². The van der Waals surface area contributed by atoms with Crippen LogP contribution >= 0.6 is 11.3 Å². The third-order valence-corrected chi connectivity index (χ3v) is 4.17. The Bertz CT molecular complexity index is 508. The summed E-state index contributed by atoms with van der Waals surface area (Å²) in [5.74, 6) is -0.0839. The summed E-state index contributed by atoms with van der Waals surface area (Å²) < 4.78 is 0. The molecule has 21 heavy (non-hydrogen) atoms. The van der Waals surface area contributed by atoms with Crippen LogP contribution in [0.25, 0.3) is 0 Å². The third-order valence-electron chi connectivity index (χ3n) is 3.49. The van der Waals surface area contributed by atoms with Gasteiger partial charge < -0.3 is 15.1 Å². The second-order valence-electron chi connectivity index (χ2n) is 4.90. The molecule has 0 aromatic carbocycles. The first-order chi connectivity index (χ1) is 10.1. The highest BCUT2D eigenvalue weighted by molar-refractivity contribution is 7.08. The number of nitrogens with zero attached hydrogens (tertiary/aromatic N) is 2. The van der Waals surface area contributed by atoms with Gasteiger partial charge in [-0.25, -0.2) is 0 Å². The van der Waals surface area contributed by atoms with E-state index in [0.29, 0.717) is 38.3 Å². The maximum atomic E-state index is 12.0. The molecule has 0 aliphatic carbocycles. The summed E-state index contributed by atoms with van der Waals surface area (Å²) in [6.45, 7) is 4.18. The summed E-state index contributed by atoms with van der Waals surface area (Å²) in [5, 5.41) is 6.36. The van der Waals surface area contributed by atoms with Crippen molar-refractivity contribution in [3.63, 3.8) is 0 Å². The van der Waals surface area contributed by atoms with E-state index in [0.717, 1.165) is 0 Å². The van der Waals surface area contributed by atoms with Crippen molar-refractivity contribution in [2.24, 2.45) is 0 Å². The number of thiophene rings is 1. The van der Waals surface area contributed by atoms with Crippen molar-refractivity contribution < 1.29 is 14.4 Å². The van der Waals surface area contributed by atoms with Gasteiger partial charge in [-0.1, -0.05) is 0 Å². The van der Waals surface area contributed by atoms with Crippen LogP contribution in [0.5, 0.6) is 0 Å². The number of hydrogen-bond donors (Lipinski definition) is 1. The maximum Gasteiger partial charge on any atom is 0.252 e. The molecule has 3 amide bonds. The SMILES string of the molecule is CC(=O)N1CCN(C(=O)CCNC(=O)c2ccsc2)CC1. The number of amides is 3. The molecule has 7 heteroatoms. The van der Waals surface area contributed by atoms with E-state index in [9.17, 15) is 14.4 Å². The monoisotopic (exact) mass is 309 g/mol. The fourth-order valence-corrected chi connectivity index (χ4v) is 2.84. The molecule has 1 saturated heterocycles. The van der Waals surface area contributed by atoms with E-state index in [-0.39, 0.29) is 24.1 Å². The third kappa shape index (κ3) is 4.29. The zero-order valence-corrected chi connectivity index (χ0v) is 12.8. The van der Waals surface area contributed by atoms with Crippen molar-refractivity contribution >= 4 is 29.1 Å². The first kappa shape index (κ1) is 15.5. The Morgan fingerprint density at radius 2 is 1.86 bits per heavy atom. The molecule has 1 aliphatic heterocycles. The second kappa shape index (κ2) is 7.21. The molecule has 2 heterocycles. The molecule has 2 rings (SSSR count). The summed E-state index contributed by atoms with van der Waals surface area (Å²) in [5.41, 5.74) is 0.627. The molecule has 0 atom stereocenters. The molecule has 1 N–H and O–H groups in total. The minimum atomic E-state index is -0.148. The van der Waals surface area contributed by atoms with Crippen molar-refractivity contribution in [3.8, 4) is 0 Å². The fraction of sp³-hybridized carbons (Fsp3) is 0.500. The second-order valence-corrected chi connectivity index (χ2v) is 5.68. The van der Waals surface area contributed by atoms with Gasteiger partial charge in [-0.3, -0.25) is 14.4 Å². The van der Waals surface area contributed by atoms with E-state index in [1.807, 2.05) is 5.38 Å². The zero-order valence-electron chi connectivity index (χ0n) is 12.0. The number of carbonyl (C=O) groups excluding carboxylic acids is 3. The summed E-state index contributed by atoms with van der Waals surface area (Å²) in [4.78, 5) is 38.4.